The van der Waals surface area contributed by atoms with Gasteiger partial charge >= 0.3 is 0 Å². The molecule has 0 aliphatic carbocycles. The SMILES string of the molecule is CCc1cccnc1C(=O)c1ccc(C)s1. The zero-order valence-corrected chi connectivity index (χ0v) is 10.2. The second-order valence-corrected chi connectivity index (χ2v) is 4.89. The highest BCUT2D eigenvalue weighted by Gasteiger charge is 2.15. The van der Waals surface area contributed by atoms with Gasteiger partial charge in [0.25, 0.3) is 0 Å². The maximum atomic E-state index is 12.2. The van der Waals surface area contributed by atoms with Gasteiger partial charge in [0.15, 0.2) is 0 Å². The summed E-state index contributed by atoms with van der Waals surface area (Å²) in [5.74, 6) is 0.0375. The molecule has 0 saturated heterocycles. The molecular weight excluding hydrogens is 218 g/mol. The molecule has 3 heteroatoms. The second kappa shape index (κ2) is 4.58. The first-order chi connectivity index (χ1) is 7.72. The summed E-state index contributed by atoms with van der Waals surface area (Å²) in [6, 6.07) is 7.67. The quantitative estimate of drug-likeness (QED) is 0.759. The van der Waals surface area contributed by atoms with E-state index in [4.69, 9.17) is 0 Å². The van der Waals surface area contributed by atoms with Crippen molar-refractivity contribution >= 4 is 17.1 Å². The molecule has 0 bridgehead atoms. The molecule has 0 unspecified atom stereocenters. The molecule has 2 heterocycles. The highest BCUT2D eigenvalue weighted by Crippen LogP contribution is 2.20. The molecule has 2 aromatic rings. The van der Waals surface area contributed by atoms with Crippen LogP contribution in [0.15, 0.2) is 30.5 Å². The Morgan fingerprint density at radius 1 is 1.38 bits per heavy atom. The minimum Gasteiger partial charge on any atom is -0.286 e. The smallest absolute Gasteiger partial charge is 0.221 e. The second-order valence-electron chi connectivity index (χ2n) is 3.60. The van der Waals surface area contributed by atoms with E-state index in [-0.39, 0.29) is 5.78 Å². The first kappa shape index (κ1) is 11.0. The average molecular weight is 231 g/mol. The van der Waals surface area contributed by atoms with Crippen molar-refractivity contribution in [1.29, 1.82) is 0 Å². The number of carbonyl (C=O) groups excluding carboxylic acids is 1. The van der Waals surface area contributed by atoms with Crippen molar-refractivity contribution in [3.63, 3.8) is 0 Å². The monoisotopic (exact) mass is 231 g/mol. The predicted molar refractivity (Wildman–Crippen MR) is 66.1 cm³/mol. The maximum Gasteiger partial charge on any atom is 0.221 e. The first-order valence-electron chi connectivity index (χ1n) is 5.27. The van der Waals surface area contributed by atoms with Crippen LogP contribution in [0.4, 0.5) is 0 Å². The number of hydrogen-bond acceptors (Lipinski definition) is 3. The van der Waals surface area contributed by atoms with Crippen LogP contribution in [0.2, 0.25) is 0 Å². The highest BCUT2D eigenvalue weighted by molar-refractivity contribution is 7.14. The number of aryl methyl sites for hydroxylation is 2. The van der Waals surface area contributed by atoms with Gasteiger partial charge < -0.3 is 0 Å². The van der Waals surface area contributed by atoms with Crippen LogP contribution in [0.3, 0.4) is 0 Å². The Balaban J connectivity index is 2.41. The molecule has 2 rings (SSSR count). The Morgan fingerprint density at radius 3 is 2.81 bits per heavy atom. The van der Waals surface area contributed by atoms with Gasteiger partial charge in [-0.05, 0) is 37.1 Å². The van der Waals surface area contributed by atoms with E-state index in [9.17, 15) is 4.79 Å². The number of rotatable bonds is 3. The van der Waals surface area contributed by atoms with Crippen LogP contribution in [0.1, 0.15) is 32.7 Å². The Hall–Kier alpha value is -1.48. The number of aromatic nitrogens is 1. The molecule has 0 radical (unpaired) electrons. The van der Waals surface area contributed by atoms with Crippen LogP contribution >= 0.6 is 11.3 Å². The summed E-state index contributed by atoms with van der Waals surface area (Å²) in [6.45, 7) is 4.04. The fourth-order valence-corrected chi connectivity index (χ4v) is 2.41. The van der Waals surface area contributed by atoms with Crippen molar-refractivity contribution in [3.05, 3.63) is 51.5 Å². The Labute approximate surface area is 99.0 Å². The van der Waals surface area contributed by atoms with Crippen LogP contribution in [-0.4, -0.2) is 10.8 Å². The van der Waals surface area contributed by atoms with E-state index in [1.807, 2.05) is 38.1 Å². The number of carbonyl (C=O) groups is 1. The van der Waals surface area contributed by atoms with Gasteiger partial charge in [-0.25, -0.2) is 0 Å². The summed E-state index contributed by atoms with van der Waals surface area (Å²) >= 11 is 1.52. The largest absolute Gasteiger partial charge is 0.286 e. The lowest BCUT2D eigenvalue weighted by Gasteiger charge is -2.03. The Bertz CT molecular complexity index is 516. The molecule has 0 N–H and O–H groups in total. The van der Waals surface area contributed by atoms with Crippen molar-refractivity contribution in [2.75, 3.05) is 0 Å². The Morgan fingerprint density at radius 2 is 2.19 bits per heavy atom. The molecule has 0 aromatic carbocycles. The number of thiophene rings is 1. The molecule has 0 spiro atoms. The topological polar surface area (TPSA) is 30.0 Å². The molecule has 82 valence electrons. The summed E-state index contributed by atoms with van der Waals surface area (Å²) in [5, 5.41) is 0. The van der Waals surface area contributed by atoms with Crippen molar-refractivity contribution in [3.8, 4) is 0 Å². The summed E-state index contributed by atoms with van der Waals surface area (Å²) in [7, 11) is 0. The van der Waals surface area contributed by atoms with E-state index in [0.29, 0.717) is 5.69 Å². The van der Waals surface area contributed by atoms with E-state index in [1.165, 1.54) is 11.3 Å². The lowest BCUT2D eigenvalue weighted by atomic mass is 10.1. The molecular formula is C13H13NOS. The van der Waals surface area contributed by atoms with Gasteiger partial charge in [-0.2, -0.15) is 0 Å². The lowest BCUT2D eigenvalue weighted by molar-refractivity contribution is 0.103. The summed E-state index contributed by atoms with van der Waals surface area (Å²) in [5.41, 5.74) is 1.60. The van der Waals surface area contributed by atoms with Gasteiger partial charge in [0.2, 0.25) is 5.78 Å². The third-order valence-electron chi connectivity index (χ3n) is 2.45. The summed E-state index contributed by atoms with van der Waals surface area (Å²) in [4.78, 5) is 18.3. The first-order valence-corrected chi connectivity index (χ1v) is 6.09. The van der Waals surface area contributed by atoms with Crippen LogP contribution in [0.25, 0.3) is 0 Å². The molecule has 16 heavy (non-hydrogen) atoms. The third kappa shape index (κ3) is 2.04. The van der Waals surface area contributed by atoms with E-state index < -0.39 is 0 Å². The number of nitrogens with zero attached hydrogens (tertiary/aromatic N) is 1. The van der Waals surface area contributed by atoms with Crippen LogP contribution in [0, 0.1) is 6.92 Å². The fraction of sp³-hybridized carbons (Fsp3) is 0.231. The van der Waals surface area contributed by atoms with Gasteiger partial charge in [0, 0.05) is 11.1 Å². The van der Waals surface area contributed by atoms with E-state index in [0.717, 1.165) is 21.7 Å². The van der Waals surface area contributed by atoms with Crippen LogP contribution in [0.5, 0.6) is 0 Å². The van der Waals surface area contributed by atoms with E-state index in [2.05, 4.69) is 4.98 Å². The van der Waals surface area contributed by atoms with Crippen molar-refractivity contribution < 1.29 is 4.79 Å². The number of pyridine rings is 1. The molecule has 0 saturated carbocycles. The fourth-order valence-electron chi connectivity index (χ4n) is 1.60. The molecule has 2 nitrogen and oxygen atoms in total. The van der Waals surface area contributed by atoms with Gasteiger partial charge in [0.05, 0.1) is 4.88 Å². The minimum absolute atomic E-state index is 0.0375. The number of ketones is 1. The van der Waals surface area contributed by atoms with Gasteiger partial charge in [-0.1, -0.05) is 13.0 Å². The van der Waals surface area contributed by atoms with E-state index >= 15 is 0 Å². The maximum absolute atomic E-state index is 12.2. The Kier molecular flexibility index (Phi) is 3.15. The van der Waals surface area contributed by atoms with Gasteiger partial charge in [-0.15, -0.1) is 11.3 Å². The zero-order valence-electron chi connectivity index (χ0n) is 9.36. The minimum atomic E-state index is 0.0375. The average Bonchev–Trinajstić information content (AvgIpc) is 2.75. The molecule has 0 aliphatic rings. The van der Waals surface area contributed by atoms with Gasteiger partial charge in [-0.3, -0.25) is 9.78 Å². The lowest BCUT2D eigenvalue weighted by Crippen LogP contribution is -2.05. The molecule has 0 amide bonds. The summed E-state index contributed by atoms with van der Waals surface area (Å²) in [6.07, 6.45) is 2.51. The van der Waals surface area contributed by atoms with Crippen molar-refractivity contribution in [2.45, 2.75) is 20.3 Å². The van der Waals surface area contributed by atoms with E-state index in [1.54, 1.807) is 6.20 Å². The molecule has 0 atom stereocenters. The molecule has 0 fully saturated rings. The predicted octanol–water partition coefficient (Wildman–Crippen LogP) is 3.24. The van der Waals surface area contributed by atoms with Gasteiger partial charge in [0.1, 0.15) is 5.69 Å². The van der Waals surface area contributed by atoms with Crippen molar-refractivity contribution in [2.24, 2.45) is 0 Å². The standard InChI is InChI=1S/C13H13NOS/c1-3-10-5-4-8-14-12(10)13(15)11-7-6-9(2)16-11/h4-8H,3H2,1-2H3. The zero-order chi connectivity index (χ0) is 11.5. The molecule has 0 aliphatic heterocycles. The normalized spacial score (nSPS) is 10.4. The molecule has 2 aromatic heterocycles. The third-order valence-corrected chi connectivity index (χ3v) is 3.45. The van der Waals surface area contributed by atoms with Crippen molar-refractivity contribution in [1.82, 2.24) is 4.98 Å². The highest BCUT2D eigenvalue weighted by atomic mass is 32.1. The van der Waals surface area contributed by atoms with Crippen LogP contribution in [-0.2, 0) is 6.42 Å². The summed E-state index contributed by atoms with van der Waals surface area (Å²) < 4.78 is 0. The number of hydrogen-bond donors (Lipinski definition) is 0. The van der Waals surface area contributed by atoms with Crippen LogP contribution < -0.4 is 0 Å².